The molecule has 0 atom stereocenters. The van der Waals surface area contributed by atoms with Gasteiger partial charge >= 0.3 is 0 Å². The van der Waals surface area contributed by atoms with Crippen molar-refractivity contribution in [3.8, 4) is 11.5 Å². The Morgan fingerprint density at radius 3 is 1.94 bits per heavy atom. The largest absolute Gasteiger partial charge is 0.495 e. The van der Waals surface area contributed by atoms with Crippen LogP contribution < -0.4 is 20.1 Å². The van der Waals surface area contributed by atoms with E-state index in [-0.39, 0.29) is 18.4 Å². The molecule has 9 heteroatoms. The van der Waals surface area contributed by atoms with Crippen molar-refractivity contribution in [2.24, 2.45) is 0 Å². The number of rotatable bonds is 9. The van der Waals surface area contributed by atoms with Gasteiger partial charge in [0.15, 0.2) is 0 Å². The molecule has 172 valence electrons. The first-order chi connectivity index (χ1) is 15.5. The summed E-state index contributed by atoms with van der Waals surface area (Å²) in [6.07, 6.45) is 0. The number of nitrogens with zero attached hydrogens (tertiary/aromatic N) is 2. The van der Waals surface area contributed by atoms with Gasteiger partial charge in [-0.3, -0.25) is 19.4 Å². The zero-order chi connectivity index (χ0) is 22.9. The number of carbonyl (C=O) groups is 2. The molecule has 1 fully saturated rings. The highest BCUT2D eigenvalue weighted by Crippen LogP contribution is 2.27. The van der Waals surface area contributed by atoms with E-state index in [1.54, 1.807) is 25.3 Å². The summed E-state index contributed by atoms with van der Waals surface area (Å²) in [5.41, 5.74) is 1.37. The SMILES string of the molecule is CCOc1ccc(NC(=O)CN2CCN(CC(=O)Nc3ccc(OC)c(Cl)c3)CC2)cc1. The summed E-state index contributed by atoms with van der Waals surface area (Å²) in [6, 6.07) is 12.5. The van der Waals surface area contributed by atoms with E-state index in [0.29, 0.717) is 42.7 Å². The number of hydrogen-bond acceptors (Lipinski definition) is 6. The third-order valence-corrected chi connectivity index (χ3v) is 5.38. The normalized spacial score (nSPS) is 14.6. The summed E-state index contributed by atoms with van der Waals surface area (Å²) in [6.45, 7) is 6.01. The lowest BCUT2D eigenvalue weighted by molar-refractivity contribution is -0.120. The highest BCUT2D eigenvalue weighted by atomic mass is 35.5. The average molecular weight is 461 g/mol. The number of methoxy groups -OCH3 is 1. The van der Waals surface area contributed by atoms with Gasteiger partial charge in [-0.05, 0) is 49.4 Å². The topological polar surface area (TPSA) is 83.1 Å². The van der Waals surface area contributed by atoms with Gasteiger partial charge in [0.05, 0.1) is 31.8 Å². The molecule has 0 saturated carbocycles. The smallest absolute Gasteiger partial charge is 0.238 e. The van der Waals surface area contributed by atoms with E-state index in [0.717, 1.165) is 24.5 Å². The second kappa shape index (κ2) is 11.7. The monoisotopic (exact) mass is 460 g/mol. The molecular weight excluding hydrogens is 432 g/mol. The van der Waals surface area contributed by atoms with E-state index >= 15 is 0 Å². The number of nitrogens with one attached hydrogen (secondary N) is 2. The van der Waals surface area contributed by atoms with Crippen molar-refractivity contribution in [1.29, 1.82) is 0 Å². The number of amides is 2. The zero-order valence-electron chi connectivity index (χ0n) is 18.4. The molecule has 8 nitrogen and oxygen atoms in total. The maximum atomic E-state index is 12.4. The molecule has 0 radical (unpaired) electrons. The molecule has 2 N–H and O–H groups in total. The molecule has 0 unspecified atom stereocenters. The van der Waals surface area contributed by atoms with Crippen LogP contribution in [0, 0.1) is 0 Å². The Hall–Kier alpha value is -2.81. The number of anilines is 2. The van der Waals surface area contributed by atoms with Gasteiger partial charge < -0.3 is 20.1 Å². The molecule has 3 rings (SSSR count). The van der Waals surface area contributed by atoms with Crippen LogP contribution in [0.15, 0.2) is 42.5 Å². The summed E-state index contributed by atoms with van der Waals surface area (Å²) in [4.78, 5) is 28.9. The first-order valence-corrected chi connectivity index (χ1v) is 11.0. The summed E-state index contributed by atoms with van der Waals surface area (Å²) >= 11 is 6.10. The van der Waals surface area contributed by atoms with Gasteiger partial charge in [-0.25, -0.2) is 0 Å². The number of carbonyl (C=O) groups excluding carboxylic acids is 2. The van der Waals surface area contributed by atoms with Crippen LogP contribution in [-0.2, 0) is 9.59 Å². The van der Waals surface area contributed by atoms with Crippen molar-refractivity contribution in [1.82, 2.24) is 9.80 Å². The Bertz CT molecular complexity index is 915. The molecular formula is C23H29ClN4O4. The highest BCUT2D eigenvalue weighted by molar-refractivity contribution is 6.32. The summed E-state index contributed by atoms with van der Waals surface area (Å²) in [5, 5.41) is 6.21. The molecule has 0 aromatic heterocycles. The molecule has 0 bridgehead atoms. The summed E-state index contributed by atoms with van der Waals surface area (Å²) < 4.78 is 10.5. The first kappa shape index (κ1) is 23.8. The predicted octanol–water partition coefficient (Wildman–Crippen LogP) is 2.94. The predicted molar refractivity (Wildman–Crippen MR) is 126 cm³/mol. The van der Waals surface area contributed by atoms with Crippen LogP contribution in [0.4, 0.5) is 11.4 Å². The van der Waals surface area contributed by atoms with Crippen molar-refractivity contribution >= 4 is 34.8 Å². The fourth-order valence-electron chi connectivity index (χ4n) is 3.46. The Morgan fingerprint density at radius 1 is 0.906 bits per heavy atom. The standard InChI is InChI=1S/C23H29ClN4O4/c1-3-32-19-7-4-17(5-8-19)25-22(29)15-27-10-12-28(13-11-27)16-23(30)26-18-6-9-21(31-2)20(24)14-18/h4-9,14H,3,10-13,15-16H2,1-2H3,(H,25,29)(H,26,30). The average Bonchev–Trinajstić information content (AvgIpc) is 2.77. The lowest BCUT2D eigenvalue weighted by Gasteiger charge is -2.33. The molecule has 1 heterocycles. The quantitative estimate of drug-likeness (QED) is 0.598. The van der Waals surface area contributed by atoms with E-state index in [4.69, 9.17) is 21.1 Å². The van der Waals surface area contributed by atoms with Crippen LogP contribution in [0.1, 0.15) is 6.92 Å². The van der Waals surface area contributed by atoms with E-state index in [1.165, 1.54) is 0 Å². The van der Waals surface area contributed by atoms with E-state index < -0.39 is 0 Å². The minimum atomic E-state index is -0.104. The number of benzene rings is 2. The van der Waals surface area contributed by atoms with Crippen molar-refractivity contribution in [3.05, 3.63) is 47.5 Å². The van der Waals surface area contributed by atoms with Crippen LogP contribution >= 0.6 is 11.6 Å². The zero-order valence-corrected chi connectivity index (χ0v) is 19.2. The van der Waals surface area contributed by atoms with Crippen molar-refractivity contribution in [2.45, 2.75) is 6.92 Å². The Morgan fingerprint density at radius 2 is 1.44 bits per heavy atom. The minimum Gasteiger partial charge on any atom is -0.495 e. The van der Waals surface area contributed by atoms with Crippen LogP contribution in [0.5, 0.6) is 11.5 Å². The van der Waals surface area contributed by atoms with E-state index in [2.05, 4.69) is 20.4 Å². The van der Waals surface area contributed by atoms with Gasteiger partial charge in [0.1, 0.15) is 11.5 Å². The molecule has 2 aromatic rings. The van der Waals surface area contributed by atoms with Gasteiger partial charge in [-0.15, -0.1) is 0 Å². The molecule has 2 amide bonds. The van der Waals surface area contributed by atoms with Crippen LogP contribution in [0.3, 0.4) is 0 Å². The summed E-state index contributed by atoms with van der Waals surface area (Å²) in [5.74, 6) is 1.18. The Kier molecular flexibility index (Phi) is 8.72. The fourth-order valence-corrected chi connectivity index (χ4v) is 3.72. The lowest BCUT2D eigenvalue weighted by atomic mass is 10.2. The number of ether oxygens (including phenoxy) is 2. The van der Waals surface area contributed by atoms with E-state index in [1.807, 2.05) is 31.2 Å². The van der Waals surface area contributed by atoms with Crippen molar-refractivity contribution in [2.75, 3.05) is 63.6 Å². The fraction of sp³-hybridized carbons (Fsp3) is 0.391. The highest BCUT2D eigenvalue weighted by Gasteiger charge is 2.21. The van der Waals surface area contributed by atoms with Gasteiger partial charge in [0, 0.05) is 37.6 Å². The second-order valence-electron chi connectivity index (χ2n) is 7.46. The van der Waals surface area contributed by atoms with Crippen molar-refractivity contribution < 1.29 is 19.1 Å². The van der Waals surface area contributed by atoms with E-state index in [9.17, 15) is 9.59 Å². The molecule has 1 aliphatic rings. The molecule has 1 aliphatic heterocycles. The number of hydrogen-bond donors (Lipinski definition) is 2. The molecule has 0 spiro atoms. The maximum Gasteiger partial charge on any atom is 0.238 e. The van der Waals surface area contributed by atoms with Crippen LogP contribution in [0.2, 0.25) is 5.02 Å². The van der Waals surface area contributed by atoms with Gasteiger partial charge in [0.2, 0.25) is 11.8 Å². The van der Waals surface area contributed by atoms with Gasteiger partial charge in [-0.2, -0.15) is 0 Å². The van der Waals surface area contributed by atoms with Crippen LogP contribution in [0.25, 0.3) is 0 Å². The third-order valence-electron chi connectivity index (χ3n) is 5.08. The van der Waals surface area contributed by atoms with Gasteiger partial charge in [0.25, 0.3) is 0 Å². The molecule has 2 aromatic carbocycles. The maximum absolute atomic E-state index is 12.4. The molecule has 32 heavy (non-hydrogen) atoms. The molecule has 1 saturated heterocycles. The second-order valence-corrected chi connectivity index (χ2v) is 7.86. The Balaban J connectivity index is 1.38. The first-order valence-electron chi connectivity index (χ1n) is 10.6. The summed E-state index contributed by atoms with van der Waals surface area (Å²) in [7, 11) is 1.54. The third kappa shape index (κ3) is 7.12. The lowest BCUT2D eigenvalue weighted by Crippen LogP contribution is -2.50. The Labute approximate surface area is 193 Å². The number of halogens is 1. The minimum absolute atomic E-state index is 0.0586. The number of piperazine rings is 1. The van der Waals surface area contributed by atoms with Crippen LogP contribution in [-0.4, -0.2) is 74.6 Å². The van der Waals surface area contributed by atoms with Crippen molar-refractivity contribution in [3.63, 3.8) is 0 Å². The molecule has 0 aliphatic carbocycles. The van der Waals surface area contributed by atoms with Gasteiger partial charge in [-0.1, -0.05) is 11.6 Å².